The number of nitrogens with one attached hydrogen (secondary N) is 1. The first-order valence-corrected chi connectivity index (χ1v) is 12.7. The first-order valence-electron chi connectivity index (χ1n) is 10.5. The maximum absolute atomic E-state index is 12.9. The normalized spacial score (nSPS) is 15.9. The van der Waals surface area contributed by atoms with Gasteiger partial charge in [-0.1, -0.05) is 41.4 Å². The highest BCUT2D eigenvalue weighted by Gasteiger charge is 2.31. The molecule has 10 heteroatoms. The summed E-state index contributed by atoms with van der Waals surface area (Å²) in [5, 5.41) is 7.49. The van der Waals surface area contributed by atoms with Crippen molar-refractivity contribution in [2.75, 3.05) is 24.4 Å². The van der Waals surface area contributed by atoms with Crippen molar-refractivity contribution in [1.82, 2.24) is 4.72 Å². The summed E-state index contributed by atoms with van der Waals surface area (Å²) in [6, 6.07) is 17.5. The molecule has 3 aromatic rings. The molecule has 0 amide bonds. The molecule has 4 rings (SSSR count). The molecule has 0 saturated heterocycles. The van der Waals surface area contributed by atoms with Gasteiger partial charge in [-0.25, -0.2) is 13.1 Å². The first kappa shape index (κ1) is 24.3. The van der Waals surface area contributed by atoms with Gasteiger partial charge in [0.1, 0.15) is 5.75 Å². The van der Waals surface area contributed by atoms with Gasteiger partial charge in [0.25, 0.3) is 0 Å². The standard InChI is InChI=1S/C24H24Cl2N4O3S/c1-15-3-7-18(27)12-24(15)34(31,32)28-14-19-13-23(16-4-8-20(33-2)9-5-16)30(29-19)22-10-6-17(25)11-21(22)26/h3-12,23,28H,13-14,27H2,1-2H3. The molecule has 0 bridgehead atoms. The summed E-state index contributed by atoms with van der Waals surface area (Å²) in [4.78, 5) is 0.149. The zero-order chi connectivity index (χ0) is 24.5. The van der Waals surface area contributed by atoms with Gasteiger partial charge in [0.2, 0.25) is 10.0 Å². The molecule has 0 radical (unpaired) electrons. The molecule has 1 aliphatic rings. The van der Waals surface area contributed by atoms with Gasteiger partial charge in [0.15, 0.2) is 0 Å². The van der Waals surface area contributed by atoms with Gasteiger partial charge in [-0.3, -0.25) is 5.01 Å². The second-order valence-corrected chi connectivity index (χ2v) is 10.5. The summed E-state index contributed by atoms with van der Waals surface area (Å²) in [5.41, 5.74) is 9.12. The molecule has 0 fully saturated rings. The molecule has 1 heterocycles. The Labute approximate surface area is 209 Å². The van der Waals surface area contributed by atoms with Gasteiger partial charge in [-0.05, 0) is 60.5 Å². The van der Waals surface area contributed by atoms with E-state index in [1.807, 2.05) is 24.3 Å². The highest BCUT2D eigenvalue weighted by Crippen LogP contribution is 2.40. The van der Waals surface area contributed by atoms with Crippen molar-refractivity contribution in [3.8, 4) is 5.75 Å². The third-order valence-electron chi connectivity index (χ3n) is 5.60. The topological polar surface area (TPSA) is 97.0 Å². The summed E-state index contributed by atoms with van der Waals surface area (Å²) in [5.74, 6) is 0.740. The Hall–Kier alpha value is -2.78. The molecule has 7 nitrogen and oxygen atoms in total. The molecule has 0 spiro atoms. The van der Waals surface area contributed by atoms with Crippen LogP contribution in [0.2, 0.25) is 10.0 Å². The van der Waals surface area contributed by atoms with Gasteiger partial charge in [-0.15, -0.1) is 0 Å². The fourth-order valence-electron chi connectivity index (χ4n) is 3.82. The van der Waals surface area contributed by atoms with Crippen molar-refractivity contribution in [2.24, 2.45) is 5.10 Å². The van der Waals surface area contributed by atoms with E-state index < -0.39 is 10.0 Å². The molecule has 1 unspecified atom stereocenters. The van der Waals surface area contributed by atoms with Crippen LogP contribution >= 0.6 is 23.2 Å². The quantitative estimate of drug-likeness (QED) is 0.420. The molecule has 3 N–H and O–H groups in total. The van der Waals surface area contributed by atoms with Crippen molar-refractivity contribution in [3.05, 3.63) is 81.8 Å². The van der Waals surface area contributed by atoms with E-state index >= 15 is 0 Å². The second-order valence-electron chi connectivity index (χ2n) is 7.95. The first-order chi connectivity index (χ1) is 16.2. The summed E-state index contributed by atoms with van der Waals surface area (Å²) >= 11 is 12.6. The number of sulfonamides is 1. The Bertz CT molecular complexity index is 1340. The summed E-state index contributed by atoms with van der Waals surface area (Å²) < 4.78 is 33.8. The lowest BCUT2D eigenvalue weighted by atomic mass is 10.0. The van der Waals surface area contributed by atoms with E-state index in [2.05, 4.69) is 4.72 Å². The van der Waals surface area contributed by atoms with Crippen LogP contribution in [0.3, 0.4) is 0 Å². The SMILES string of the molecule is COc1ccc(C2CC(CNS(=O)(=O)c3cc(N)ccc3C)=NN2c2ccc(Cl)cc2Cl)cc1. The maximum Gasteiger partial charge on any atom is 0.241 e. The number of nitrogens with zero attached hydrogens (tertiary/aromatic N) is 2. The number of benzene rings is 3. The molecule has 0 aliphatic carbocycles. The number of rotatable bonds is 7. The third-order valence-corrected chi connectivity index (χ3v) is 7.68. The van der Waals surface area contributed by atoms with Crippen LogP contribution in [0.15, 0.2) is 70.7 Å². The predicted octanol–water partition coefficient (Wildman–Crippen LogP) is 5.18. The lowest BCUT2D eigenvalue weighted by molar-refractivity contribution is 0.414. The highest BCUT2D eigenvalue weighted by molar-refractivity contribution is 7.89. The van der Waals surface area contributed by atoms with Crippen LogP contribution in [0.5, 0.6) is 5.75 Å². The van der Waals surface area contributed by atoms with E-state index in [1.165, 1.54) is 6.07 Å². The van der Waals surface area contributed by atoms with E-state index in [1.54, 1.807) is 49.4 Å². The summed E-state index contributed by atoms with van der Waals surface area (Å²) in [7, 11) is -2.17. The van der Waals surface area contributed by atoms with Crippen LogP contribution in [0.4, 0.5) is 11.4 Å². The van der Waals surface area contributed by atoms with Gasteiger partial charge in [-0.2, -0.15) is 5.10 Å². The zero-order valence-corrected chi connectivity index (χ0v) is 21.0. The van der Waals surface area contributed by atoms with Crippen molar-refractivity contribution >= 4 is 50.3 Å². The minimum absolute atomic E-state index is 0.0466. The Morgan fingerprint density at radius 2 is 1.85 bits per heavy atom. The largest absolute Gasteiger partial charge is 0.497 e. The van der Waals surface area contributed by atoms with E-state index in [0.29, 0.717) is 39.1 Å². The number of aryl methyl sites for hydroxylation is 1. The highest BCUT2D eigenvalue weighted by atomic mass is 35.5. The Kier molecular flexibility index (Phi) is 7.04. The van der Waals surface area contributed by atoms with Crippen molar-refractivity contribution in [3.63, 3.8) is 0 Å². The van der Waals surface area contributed by atoms with Crippen molar-refractivity contribution < 1.29 is 13.2 Å². The van der Waals surface area contributed by atoms with Crippen LogP contribution in [0, 0.1) is 6.92 Å². The number of hydrogen-bond acceptors (Lipinski definition) is 6. The summed E-state index contributed by atoms with van der Waals surface area (Å²) in [6.45, 7) is 1.77. The molecule has 3 aromatic carbocycles. The number of ether oxygens (including phenoxy) is 1. The number of hydrogen-bond donors (Lipinski definition) is 2. The molecule has 178 valence electrons. The van der Waals surface area contributed by atoms with Crippen molar-refractivity contribution in [1.29, 1.82) is 0 Å². The van der Waals surface area contributed by atoms with Crippen molar-refractivity contribution in [2.45, 2.75) is 24.3 Å². The molecule has 0 aromatic heterocycles. The smallest absolute Gasteiger partial charge is 0.241 e. The Balaban J connectivity index is 1.62. The minimum atomic E-state index is -3.78. The minimum Gasteiger partial charge on any atom is -0.497 e. The fourth-order valence-corrected chi connectivity index (χ4v) is 5.61. The molecular formula is C24H24Cl2N4O3S. The van der Waals surface area contributed by atoms with Gasteiger partial charge >= 0.3 is 0 Å². The van der Waals surface area contributed by atoms with Crippen LogP contribution < -0.4 is 20.2 Å². The lowest BCUT2D eigenvalue weighted by Gasteiger charge is -2.25. The van der Waals surface area contributed by atoms with E-state index in [4.69, 9.17) is 38.8 Å². The van der Waals surface area contributed by atoms with Crippen LogP contribution in [0.25, 0.3) is 0 Å². The number of methoxy groups -OCH3 is 1. The van der Waals surface area contributed by atoms with Crippen LogP contribution in [-0.2, 0) is 10.0 Å². The zero-order valence-electron chi connectivity index (χ0n) is 18.6. The van der Waals surface area contributed by atoms with Crippen LogP contribution in [-0.4, -0.2) is 27.8 Å². The number of halogens is 2. The molecule has 1 aliphatic heterocycles. The lowest BCUT2D eigenvalue weighted by Crippen LogP contribution is -2.29. The van der Waals surface area contributed by atoms with Gasteiger partial charge in [0, 0.05) is 17.1 Å². The average molecular weight is 519 g/mol. The maximum atomic E-state index is 12.9. The Morgan fingerprint density at radius 3 is 2.53 bits per heavy atom. The van der Waals surface area contributed by atoms with Gasteiger partial charge in [0.05, 0.1) is 41.0 Å². The number of nitrogen functional groups attached to an aromatic ring is 1. The molecule has 0 saturated carbocycles. The second kappa shape index (κ2) is 9.84. The monoisotopic (exact) mass is 518 g/mol. The Morgan fingerprint density at radius 1 is 1.12 bits per heavy atom. The number of nitrogens with two attached hydrogens (primary N) is 1. The van der Waals surface area contributed by atoms with E-state index in [-0.39, 0.29) is 17.5 Å². The van der Waals surface area contributed by atoms with E-state index in [0.717, 1.165) is 11.3 Å². The molecule has 34 heavy (non-hydrogen) atoms. The average Bonchev–Trinajstić information content (AvgIpc) is 3.23. The van der Waals surface area contributed by atoms with Gasteiger partial charge < -0.3 is 10.5 Å². The third kappa shape index (κ3) is 5.15. The number of hydrazone groups is 1. The molecule has 1 atom stereocenters. The van der Waals surface area contributed by atoms with E-state index in [9.17, 15) is 8.42 Å². The molecular weight excluding hydrogens is 495 g/mol. The predicted molar refractivity (Wildman–Crippen MR) is 138 cm³/mol. The fraction of sp³-hybridized carbons (Fsp3) is 0.208. The summed E-state index contributed by atoms with van der Waals surface area (Å²) in [6.07, 6.45) is 0.504. The number of anilines is 2. The van der Waals surface area contributed by atoms with Crippen LogP contribution in [0.1, 0.15) is 23.6 Å².